The highest BCUT2D eigenvalue weighted by atomic mass is 16.2. The molecule has 2 fully saturated rings. The number of imide groups is 1. The summed E-state index contributed by atoms with van der Waals surface area (Å²) in [5.74, 6) is 0.0626. The maximum Gasteiger partial charge on any atom is 0.251 e. The number of nitrogens with one attached hydrogen (secondary N) is 1. The summed E-state index contributed by atoms with van der Waals surface area (Å²) < 4.78 is 0. The number of anilines is 1. The maximum atomic E-state index is 12.4. The lowest BCUT2D eigenvalue weighted by Crippen LogP contribution is -2.41. The Balaban J connectivity index is 1.68. The molecule has 1 aliphatic heterocycles. The average Bonchev–Trinajstić information content (AvgIpc) is 2.88. The minimum Gasteiger partial charge on any atom is -0.349 e. The van der Waals surface area contributed by atoms with Crippen molar-refractivity contribution in [2.75, 3.05) is 4.90 Å². The fraction of sp³-hybridized carbons (Fsp3) is 0.500. The molecule has 1 aliphatic carbocycles. The number of rotatable bonds is 3. The van der Waals surface area contributed by atoms with Gasteiger partial charge in [-0.2, -0.15) is 0 Å². The third-order valence-electron chi connectivity index (χ3n) is 4.87. The van der Waals surface area contributed by atoms with Gasteiger partial charge in [0.15, 0.2) is 0 Å². The number of carbonyl (C=O) groups is 3. The van der Waals surface area contributed by atoms with Crippen molar-refractivity contribution >= 4 is 23.4 Å². The van der Waals surface area contributed by atoms with Gasteiger partial charge in [-0.05, 0) is 43.0 Å². The first-order valence-electron chi connectivity index (χ1n) is 8.33. The molecule has 1 N–H and O–H groups in total. The van der Waals surface area contributed by atoms with Crippen molar-refractivity contribution in [3.8, 4) is 0 Å². The van der Waals surface area contributed by atoms with Crippen LogP contribution in [-0.4, -0.2) is 23.8 Å². The van der Waals surface area contributed by atoms with E-state index in [-0.39, 0.29) is 36.6 Å². The second kappa shape index (κ2) is 6.52. The van der Waals surface area contributed by atoms with E-state index in [9.17, 15) is 14.4 Å². The molecule has 23 heavy (non-hydrogen) atoms. The summed E-state index contributed by atoms with van der Waals surface area (Å²) in [7, 11) is 0. The number of amides is 3. The Kier molecular flexibility index (Phi) is 4.46. The van der Waals surface area contributed by atoms with Crippen LogP contribution in [0.2, 0.25) is 0 Å². The van der Waals surface area contributed by atoms with Gasteiger partial charge in [0.25, 0.3) is 5.91 Å². The standard InChI is InChI=1S/C18H22N2O3/c1-12-4-2-3-5-15(12)19-18(23)13-6-8-14(9-7-13)20-16(21)10-11-17(20)22/h6-9,12,15H,2-5,10-11H2,1H3,(H,19,23). The molecule has 2 atom stereocenters. The Morgan fingerprint density at radius 2 is 1.65 bits per heavy atom. The van der Waals surface area contributed by atoms with Crippen LogP contribution in [0.25, 0.3) is 0 Å². The molecule has 1 heterocycles. The van der Waals surface area contributed by atoms with Crippen molar-refractivity contribution in [1.82, 2.24) is 5.32 Å². The zero-order chi connectivity index (χ0) is 16.4. The minimum absolute atomic E-state index is 0.0885. The Bertz CT molecular complexity index is 608. The van der Waals surface area contributed by atoms with E-state index in [1.807, 2.05) is 0 Å². The van der Waals surface area contributed by atoms with Gasteiger partial charge in [-0.3, -0.25) is 19.3 Å². The van der Waals surface area contributed by atoms with Gasteiger partial charge in [-0.25, -0.2) is 0 Å². The summed E-state index contributed by atoms with van der Waals surface area (Å²) in [4.78, 5) is 37.0. The van der Waals surface area contributed by atoms with E-state index in [1.165, 1.54) is 11.3 Å². The van der Waals surface area contributed by atoms with Gasteiger partial charge in [0, 0.05) is 24.4 Å². The lowest BCUT2D eigenvalue weighted by Gasteiger charge is -2.29. The van der Waals surface area contributed by atoms with Gasteiger partial charge >= 0.3 is 0 Å². The summed E-state index contributed by atoms with van der Waals surface area (Å²) >= 11 is 0. The molecule has 3 rings (SSSR count). The van der Waals surface area contributed by atoms with Gasteiger partial charge in [-0.15, -0.1) is 0 Å². The second-order valence-electron chi connectivity index (χ2n) is 6.51. The zero-order valence-electron chi connectivity index (χ0n) is 13.4. The molecule has 1 saturated heterocycles. The van der Waals surface area contributed by atoms with Gasteiger partial charge in [0.05, 0.1) is 5.69 Å². The Morgan fingerprint density at radius 3 is 2.26 bits per heavy atom. The number of carbonyl (C=O) groups excluding carboxylic acids is 3. The van der Waals surface area contributed by atoms with Crippen molar-refractivity contribution in [2.24, 2.45) is 5.92 Å². The van der Waals surface area contributed by atoms with Crippen LogP contribution in [0.4, 0.5) is 5.69 Å². The van der Waals surface area contributed by atoms with E-state index in [4.69, 9.17) is 0 Å². The summed E-state index contributed by atoms with van der Waals surface area (Å²) in [6, 6.07) is 6.92. The first kappa shape index (κ1) is 15.7. The molecule has 0 radical (unpaired) electrons. The highest BCUT2D eigenvalue weighted by Crippen LogP contribution is 2.25. The van der Waals surface area contributed by atoms with E-state index >= 15 is 0 Å². The SMILES string of the molecule is CC1CCCCC1NC(=O)c1ccc(N2C(=O)CCC2=O)cc1. The van der Waals surface area contributed by atoms with Gasteiger partial charge in [0.2, 0.25) is 11.8 Å². The zero-order valence-corrected chi connectivity index (χ0v) is 13.4. The van der Waals surface area contributed by atoms with E-state index in [1.54, 1.807) is 24.3 Å². The number of hydrogen-bond acceptors (Lipinski definition) is 3. The molecule has 2 unspecified atom stereocenters. The normalized spacial score (nSPS) is 24.8. The molecular weight excluding hydrogens is 292 g/mol. The molecule has 5 nitrogen and oxygen atoms in total. The lowest BCUT2D eigenvalue weighted by atomic mass is 9.86. The first-order chi connectivity index (χ1) is 11.1. The molecule has 2 aliphatic rings. The quantitative estimate of drug-likeness (QED) is 0.872. The first-order valence-corrected chi connectivity index (χ1v) is 8.33. The highest BCUT2D eigenvalue weighted by Gasteiger charge is 2.30. The van der Waals surface area contributed by atoms with Crippen LogP contribution in [0.5, 0.6) is 0 Å². The van der Waals surface area contributed by atoms with E-state index in [0.717, 1.165) is 19.3 Å². The van der Waals surface area contributed by atoms with E-state index in [0.29, 0.717) is 17.2 Å². The summed E-state index contributed by atoms with van der Waals surface area (Å²) in [5.41, 5.74) is 1.10. The van der Waals surface area contributed by atoms with Crippen LogP contribution in [0.1, 0.15) is 55.8 Å². The van der Waals surface area contributed by atoms with E-state index in [2.05, 4.69) is 12.2 Å². The average molecular weight is 314 g/mol. The third kappa shape index (κ3) is 3.28. The monoisotopic (exact) mass is 314 g/mol. The Hall–Kier alpha value is -2.17. The largest absolute Gasteiger partial charge is 0.349 e. The molecule has 1 saturated carbocycles. The van der Waals surface area contributed by atoms with Crippen molar-refractivity contribution in [1.29, 1.82) is 0 Å². The number of benzene rings is 1. The smallest absolute Gasteiger partial charge is 0.251 e. The van der Waals surface area contributed by atoms with Crippen molar-refractivity contribution < 1.29 is 14.4 Å². The minimum atomic E-state index is -0.178. The number of hydrogen-bond donors (Lipinski definition) is 1. The second-order valence-corrected chi connectivity index (χ2v) is 6.51. The van der Waals surface area contributed by atoms with E-state index < -0.39 is 0 Å². The predicted octanol–water partition coefficient (Wildman–Crippen LogP) is 2.65. The van der Waals surface area contributed by atoms with Crippen LogP contribution >= 0.6 is 0 Å². The molecule has 1 aromatic rings. The Labute approximate surface area is 136 Å². The number of nitrogens with zero attached hydrogens (tertiary/aromatic N) is 1. The molecule has 0 aromatic heterocycles. The van der Waals surface area contributed by atoms with Crippen molar-refractivity contribution in [2.45, 2.75) is 51.5 Å². The van der Waals surface area contributed by atoms with Gasteiger partial charge in [0.1, 0.15) is 0 Å². The van der Waals surface area contributed by atoms with Crippen LogP contribution in [0, 0.1) is 5.92 Å². The molecule has 1 aromatic carbocycles. The molecule has 3 amide bonds. The predicted molar refractivity (Wildman–Crippen MR) is 87.1 cm³/mol. The van der Waals surface area contributed by atoms with Crippen LogP contribution in [0.15, 0.2) is 24.3 Å². The molecule has 0 bridgehead atoms. The molecule has 122 valence electrons. The maximum absolute atomic E-state index is 12.4. The third-order valence-corrected chi connectivity index (χ3v) is 4.87. The summed E-state index contributed by atoms with van der Waals surface area (Å²) in [6.45, 7) is 2.18. The van der Waals surface area contributed by atoms with Crippen LogP contribution < -0.4 is 10.2 Å². The summed E-state index contributed by atoms with van der Waals surface area (Å²) in [5, 5.41) is 3.11. The fourth-order valence-corrected chi connectivity index (χ4v) is 3.41. The lowest BCUT2D eigenvalue weighted by molar-refractivity contribution is -0.121. The van der Waals surface area contributed by atoms with Crippen molar-refractivity contribution in [3.63, 3.8) is 0 Å². The van der Waals surface area contributed by atoms with Crippen molar-refractivity contribution in [3.05, 3.63) is 29.8 Å². The van der Waals surface area contributed by atoms with Gasteiger partial charge < -0.3 is 5.32 Å². The molecular formula is C18H22N2O3. The Morgan fingerprint density at radius 1 is 1.04 bits per heavy atom. The van der Waals surface area contributed by atoms with Gasteiger partial charge in [-0.1, -0.05) is 19.8 Å². The molecule has 5 heteroatoms. The molecule has 0 spiro atoms. The fourth-order valence-electron chi connectivity index (χ4n) is 3.41. The topological polar surface area (TPSA) is 66.5 Å². The van der Waals surface area contributed by atoms with Crippen LogP contribution in [-0.2, 0) is 9.59 Å². The highest BCUT2D eigenvalue weighted by molar-refractivity contribution is 6.19. The van der Waals surface area contributed by atoms with Crippen LogP contribution in [0.3, 0.4) is 0 Å². The summed E-state index contributed by atoms with van der Waals surface area (Å²) in [6.07, 6.45) is 5.11.